The fraction of sp³-hybridized carbons (Fsp3) is 0.500. The van der Waals surface area contributed by atoms with Gasteiger partial charge in [0.15, 0.2) is 0 Å². The van der Waals surface area contributed by atoms with Gasteiger partial charge < -0.3 is 14.8 Å². The molecule has 0 aromatic heterocycles. The lowest BCUT2D eigenvalue weighted by atomic mass is 10.2. The van der Waals surface area contributed by atoms with E-state index in [1.807, 2.05) is 19.1 Å². The number of ether oxygens (including phenoxy) is 2. The second-order valence-corrected chi connectivity index (χ2v) is 3.70. The molecule has 1 aromatic rings. The number of rotatable bonds is 5. The van der Waals surface area contributed by atoms with Gasteiger partial charge in [-0.3, -0.25) is 0 Å². The topological polar surface area (TPSA) is 30.5 Å². The molecule has 15 heavy (non-hydrogen) atoms. The maximum atomic E-state index is 5.30. The van der Waals surface area contributed by atoms with Crippen molar-refractivity contribution in [3.05, 3.63) is 23.8 Å². The summed E-state index contributed by atoms with van der Waals surface area (Å²) in [5.41, 5.74) is 2.20. The molecule has 3 nitrogen and oxygen atoms in total. The zero-order chi connectivity index (χ0) is 11.3. The third kappa shape index (κ3) is 3.44. The Bertz CT molecular complexity index is 312. The summed E-state index contributed by atoms with van der Waals surface area (Å²) >= 11 is 0. The summed E-state index contributed by atoms with van der Waals surface area (Å²) in [6, 6.07) is 6.37. The van der Waals surface area contributed by atoms with Crippen LogP contribution in [-0.2, 0) is 4.74 Å². The Morgan fingerprint density at radius 2 is 2.07 bits per heavy atom. The monoisotopic (exact) mass is 209 g/mol. The van der Waals surface area contributed by atoms with Gasteiger partial charge in [-0.1, -0.05) is 6.07 Å². The summed E-state index contributed by atoms with van der Waals surface area (Å²) in [5.74, 6) is 0.873. The van der Waals surface area contributed by atoms with Crippen molar-refractivity contribution in [2.45, 2.75) is 19.9 Å². The number of hydrogen-bond donors (Lipinski definition) is 1. The minimum absolute atomic E-state index is 0.270. The van der Waals surface area contributed by atoms with Gasteiger partial charge in [0.25, 0.3) is 0 Å². The Hall–Kier alpha value is -1.22. The average molecular weight is 209 g/mol. The van der Waals surface area contributed by atoms with Crippen LogP contribution >= 0.6 is 0 Å². The van der Waals surface area contributed by atoms with Gasteiger partial charge in [-0.2, -0.15) is 0 Å². The first-order valence-corrected chi connectivity index (χ1v) is 5.07. The van der Waals surface area contributed by atoms with E-state index in [0.29, 0.717) is 6.61 Å². The van der Waals surface area contributed by atoms with Crippen LogP contribution in [0.4, 0.5) is 5.69 Å². The average Bonchev–Trinajstić information content (AvgIpc) is 2.21. The van der Waals surface area contributed by atoms with E-state index >= 15 is 0 Å². The molecule has 0 aliphatic heterocycles. The molecule has 84 valence electrons. The number of hydrogen-bond acceptors (Lipinski definition) is 3. The fourth-order valence-corrected chi connectivity index (χ4v) is 1.47. The third-order valence-corrected chi connectivity index (χ3v) is 2.18. The first kappa shape index (κ1) is 11.9. The predicted octanol–water partition coefficient (Wildman–Crippen LogP) is 2.45. The summed E-state index contributed by atoms with van der Waals surface area (Å²) < 4.78 is 10.4. The lowest BCUT2D eigenvalue weighted by molar-refractivity contribution is 0.190. The SMILES string of the molecule is COCC(C)Nc1ccc(C)cc1OC. The van der Waals surface area contributed by atoms with Crippen molar-refractivity contribution in [3.63, 3.8) is 0 Å². The van der Waals surface area contributed by atoms with Crippen molar-refractivity contribution in [3.8, 4) is 5.75 Å². The minimum Gasteiger partial charge on any atom is -0.495 e. The van der Waals surface area contributed by atoms with Gasteiger partial charge in [-0.05, 0) is 31.5 Å². The zero-order valence-corrected chi connectivity index (χ0v) is 9.83. The lowest BCUT2D eigenvalue weighted by Crippen LogP contribution is -2.21. The van der Waals surface area contributed by atoms with Crippen LogP contribution in [0.1, 0.15) is 12.5 Å². The Balaban J connectivity index is 2.75. The Kier molecular flexibility index (Phi) is 4.43. The van der Waals surface area contributed by atoms with E-state index in [2.05, 4.69) is 18.3 Å². The second kappa shape index (κ2) is 5.61. The molecule has 0 aliphatic rings. The van der Waals surface area contributed by atoms with Gasteiger partial charge in [0, 0.05) is 13.2 Å². The lowest BCUT2D eigenvalue weighted by Gasteiger charge is -2.17. The summed E-state index contributed by atoms with van der Waals surface area (Å²) in [7, 11) is 3.38. The molecule has 1 unspecified atom stereocenters. The van der Waals surface area contributed by atoms with Crippen LogP contribution in [0.3, 0.4) is 0 Å². The largest absolute Gasteiger partial charge is 0.495 e. The molecule has 3 heteroatoms. The van der Waals surface area contributed by atoms with E-state index in [0.717, 1.165) is 11.4 Å². The first-order valence-electron chi connectivity index (χ1n) is 5.07. The molecule has 1 atom stereocenters. The maximum Gasteiger partial charge on any atom is 0.142 e. The molecule has 0 fully saturated rings. The van der Waals surface area contributed by atoms with Gasteiger partial charge >= 0.3 is 0 Å². The van der Waals surface area contributed by atoms with E-state index in [1.54, 1.807) is 14.2 Å². The molecule has 1 N–H and O–H groups in total. The number of benzene rings is 1. The Morgan fingerprint density at radius 1 is 1.33 bits per heavy atom. The van der Waals surface area contributed by atoms with Crippen LogP contribution in [0.15, 0.2) is 18.2 Å². The maximum absolute atomic E-state index is 5.30. The van der Waals surface area contributed by atoms with E-state index in [1.165, 1.54) is 5.56 Å². The van der Waals surface area contributed by atoms with Crippen LogP contribution < -0.4 is 10.1 Å². The highest BCUT2D eigenvalue weighted by Gasteiger charge is 2.06. The summed E-state index contributed by atoms with van der Waals surface area (Å²) in [5, 5.41) is 3.34. The molecule has 0 heterocycles. The zero-order valence-electron chi connectivity index (χ0n) is 9.83. The van der Waals surface area contributed by atoms with Crippen molar-refractivity contribution >= 4 is 5.69 Å². The summed E-state index contributed by atoms with van der Waals surface area (Å²) in [6.45, 7) is 4.80. The van der Waals surface area contributed by atoms with Crippen LogP contribution in [0, 0.1) is 6.92 Å². The standard InChI is InChI=1S/C12H19NO2/c1-9-5-6-11(12(7-9)15-4)13-10(2)8-14-3/h5-7,10,13H,8H2,1-4H3. The van der Waals surface area contributed by atoms with E-state index in [4.69, 9.17) is 9.47 Å². The van der Waals surface area contributed by atoms with Gasteiger partial charge in [0.2, 0.25) is 0 Å². The quantitative estimate of drug-likeness (QED) is 0.808. The number of anilines is 1. The van der Waals surface area contributed by atoms with E-state index < -0.39 is 0 Å². The number of aryl methyl sites for hydroxylation is 1. The molecule has 0 amide bonds. The smallest absolute Gasteiger partial charge is 0.142 e. The molecule has 1 aromatic carbocycles. The predicted molar refractivity (Wildman–Crippen MR) is 62.7 cm³/mol. The Labute approximate surface area is 91.4 Å². The normalized spacial score (nSPS) is 12.3. The van der Waals surface area contributed by atoms with Gasteiger partial charge in [-0.25, -0.2) is 0 Å². The van der Waals surface area contributed by atoms with Gasteiger partial charge in [0.05, 0.1) is 19.4 Å². The molecular weight excluding hydrogens is 190 g/mol. The summed E-state index contributed by atoms with van der Waals surface area (Å²) in [6.07, 6.45) is 0. The van der Waals surface area contributed by atoms with E-state index in [9.17, 15) is 0 Å². The highest BCUT2D eigenvalue weighted by Crippen LogP contribution is 2.25. The molecule has 0 bridgehead atoms. The second-order valence-electron chi connectivity index (χ2n) is 3.70. The molecule has 0 aliphatic carbocycles. The first-order chi connectivity index (χ1) is 7.17. The Morgan fingerprint density at radius 3 is 2.67 bits per heavy atom. The highest BCUT2D eigenvalue weighted by molar-refractivity contribution is 5.58. The van der Waals surface area contributed by atoms with Crippen molar-refractivity contribution in [2.75, 3.05) is 26.1 Å². The summed E-state index contributed by atoms with van der Waals surface area (Å²) in [4.78, 5) is 0. The van der Waals surface area contributed by atoms with Gasteiger partial charge in [-0.15, -0.1) is 0 Å². The van der Waals surface area contributed by atoms with Gasteiger partial charge in [0.1, 0.15) is 5.75 Å². The fourth-order valence-electron chi connectivity index (χ4n) is 1.47. The third-order valence-electron chi connectivity index (χ3n) is 2.18. The highest BCUT2D eigenvalue weighted by atomic mass is 16.5. The number of methoxy groups -OCH3 is 2. The number of nitrogens with one attached hydrogen (secondary N) is 1. The molecule has 0 saturated heterocycles. The van der Waals surface area contributed by atoms with Crippen LogP contribution in [0.5, 0.6) is 5.75 Å². The van der Waals surface area contributed by atoms with E-state index in [-0.39, 0.29) is 6.04 Å². The molecule has 0 spiro atoms. The molecule has 0 radical (unpaired) electrons. The van der Waals surface area contributed by atoms with Crippen molar-refractivity contribution < 1.29 is 9.47 Å². The van der Waals surface area contributed by atoms with Crippen molar-refractivity contribution in [2.24, 2.45) is 0 Å². The van der Waals surface area contributed by atoms with Crippen molar-refractivity contribution in [1.82, 2.24) is 0 Å². The minimum atomic E-state index is 0.270. The molecule has 0 saturated carbocycles. The van der Waals surface area contributed by atoms with Crippen LogP contribution in [0.25, 0.3) is 0 Å². The van der Waals surface area contributed by atoms with Crippen molar-refractivity contribution in [1.29, 1.82) is 0 Å². The molecule has 1 rings (SSSR count). The molecular formula is C12H19NO2. The van der Waals surface area contributed by atoms with Crippen LogP contribution in [0.2, 0.25) is 0 Å². The van der Waals surface area contributed by atoms with Crippen LogP contribution in [-0.4, -0.2) is 26.9 Å².